The maximum atomic E-state index is 12.2. The van der Waals surface area contributed by atoms with Gasteiger partial charge >= 0.3 is 0 Å². The molecular weight excluding hydrogens is 316 g/mol. The van der Waals surface area contributed by atoms with Crippen molar-refractivity contribution < 1.29 is 14.3 Å². The molecule has 0 saturated carbocycles. The van der Waals surface area contributed by atoms with Crippen LogP contribution < -0.4 is 14.9 Å². The van der Waals surface area contributed by atoms with Crippen molar-refractivity contribution in [3.63, 3.8) is 0 Å². The number of hydrogen-bond acceptors (Lipinski definition) is 4. The number of hydrazone groups is 1. The molecule has 0 aliphatic rings. The van der Waals surface area contributed by atoms with E-state index >= 15 is 0 Å². The first kappa shape index (κ1) is 16.5. The molecule has 0 aliphatic carbocycles. The van der Waals surface area contributed by atoms with E-state index in [9.17, 15) is 4.79 Å². The third kappa shape index (κ3) is 3.61. The largest absolute Gasteiger partial charge is 0.497 e. The highest BCUT2D eigenvalue weighted by molar-refractivity contribution is 6.03. The Morgan fingerprint density at radius 3 is 2.52 bits per heavy atom. The highest BCUT2D eigenvalue weighted by atomic mass is 16.5. The molecular formula is C20H18N2O3. The first-order chi connectivity index (χ1) is 12.2. The van der Waals surface area contributed by atoms with Gasteiger partial charge in [0.2, 0.25) is 0 Å². The number of benzene rings is 3. The molecule has 1 N–H and O–H groups in total. The van der Waals surface area contributed by atoms with Gasteiger partial charge in [-0.15, -0.1) is 0 Å². The summed E-state index contributed by atoms with van der Waals surface area (Å²) in [6.45, 7) is 0. The molecule has 1 amide bonds. The molecule has 0 heterocycles. The van der Waals surface area contributed by atoms with Crippen LogP contribution in [-0.2, 0) is 0 Å². The highest BCUT2D eigenvalue weighted by Gasteiger charge is 2.06. The number of hydrogen-bond donors (Lipinski definition) is 1. The van der Waals surface area contributed by atoms with E-state index in [1.807, 2.05) is 36.4 Å². The van der Waals surface area contributed by atoms with Crippen molar-refractivity contribution in [3.8, 4) is 11.5 Å². The standard InChI is InChI=1S/C20H18N2O3/c1-24-16-7-5-6-14(12-16)20(23)22-21-13-15-10-11-19(25-2)18-9-4-3-8-17(15)18/h3-13H,1-2H3,(H,22,23)/b21-13+. The lowest BCUT2D eigenvalue weighted by Crippen LogP contribution is -2.17. The first-order valence-corrected chi connectivity index (χ1v) is 7.76. The summed E-state index contributed by atoms with van der Waals surface area (Å²) in [4.78, 5) is 12.2. The lowest BCUT2D eigenvalue weighted by Gasteiger charge is -2.07. The van der Waals surface area contributed by atoms with Crippen LogP contribution in [0.25, 0.3) is 10.8 Å². The second-order valence-electron chi connectivity index (χ2n) is 5.33. The predicted octanol–water partition coefficient (Wildman–Crippen LogP) is 3.62. The van der Waals surface area contributed by atoms with E-state index in [-0.39, 0.29) is 5.91 Å². The topological polar surface area (TPSA) is 59.9 Å². The van der Waals surface area contributed by atoms with E-state index < -0.39 is 0 Å². The molecule has 0 bridgehead atoms. The van der Waals surface area contributed by atoms with Crippen LogP contribution in [0, 0.1) is 0 Å². The van der Waals surface area contributed by atoms with E-state index in [4.69, 9.17) is 9.47 Å². The normalized spacial score (nSPS) is 10.8. The third-order valence-electron chi connectivity index (χ3n) is 3.84. The van der Waals surface area contributed by atoms with Crippen LogP contribution in [0.5, 0.6) is 11.5 Å². The number of nitrogens with one attached hydrogen (secondary N) is 1. The second-order valence-corrected chi connectivity index (χ2v) is 5.33. The van der Waals surface area contributed by atoms with Gasteiger partial charge in [-0.2, -0.15) is 5.10 Å². The molecule has 0 saturated heterocycles. The smallest absolute Gasteiger partial charge is 0.271 e. The Balaban J connectivity index is 1.80. The minimum absolute atomic E-state index is 0.298. The summed E-state index contributed by atoms with van der Waals surface area (Å²) >= 11 is 0. The molecule has 0 spiro atoms. The zero-order chi connectivity index (χ0) is 17.6. The first-order valence-electron chi connectivity index (χ1n) is 7.76. The van der Waals surface area contributed by atoms with Gasteiger partial charge < -0.3 is 9.47 Å². The Morgan fingerprint density at radius 2 is 1.76 bits per heavy atom. The molecule has 3 aromatic rings. The summed E-state index contributed by atoms with van der Waals surface area (Å²) < 4.78 is 10.5. The van der Waals surface area contributed by atoms with Gasteiger partial charge in [-0.05, 0) is 35.7 Å². The number of methoxy groups -OCH3 is 2. The Labute approximate surface area is 145 Å². The van der Waals surface area contributed by atoms with E-state index in [0.717, 1.165) is 22.1 Å². The zero-order valence-corrected chi connectivity index (χ0v) is 14.0. The van der Waals surface area contributed by atoms with Gasteiger partial charge in [-0.3, -0.25) is 4.79 Å². The Hall–Kier alpha value is -3.34. The van der Waals surface area contributed by atoms with Gasteiger partial charge in [0.25, 0.3) is 5.91 Å². The molecule has 0 aromatic heterocycles. The van der Waals surface area contributed by atoms with E-state index in [1.165, 1.54) is 0 Å². The maximum absolute atomic E-state index is 12.2. The molecule has 0 unspecified atom stereocenters. The molecule has 0 fully saturated rings. The average Bonchev–Trinajstić information content (AvgIpc) is 2.68. The average molecular weight is 334 g/mol. The molecule has 3 aromatic carbocycles. The van der Waals surface area contributed by atoms with Crippen molar-refractivity contribution in [3.05, 3.63) is 71.8 Å². The zero-order valence-electron chi connectivity index (χ0n) is 14.0. The van der Waals surface area contributed by atoms with Crippen molar-refractivity contribution in [2.75, 3.05) is 14.2 Å². The maximum Gasteiger partial charge on any atom is 0.271 e. The summed E-state index contributed by atoms with van der Waals surface area (Å²) in [5.41, 5.74) is 3.91. The van der Waals surface area contributed by atoms with Gasteiger partial charge in [0.05, 0.1) is 20.4 Å². The van der Waals surface area contributed by atoms with Gasteiger partial charge in [-0.1, -0.05) is 30.3 Å². The number of fused-ring (bicyclic) bond motifs is 1. The quantitative estimate of drug-likeness (QED) is 0.573. The van der Waals surface area contributed by atoms with Crippen LogP contribution in [-0.4, -0.2) is 26.3 Å². The van der Waals surface area contributed by atoms with Crippen molar-refractivity contribution >= 4 is 22.9 Å². The minimum atomic E-state index is -0.298. The van der Waals surface area contributed by atoms with Crippen LogP contribution in [0.2, 0.25) is 0 Å². The SMILES string of the molecule is COc1cccc(C(=O)N/N=C/c2ccc(OC)c3ccccc23)c1. The molecule has 0 radical (unpaired) electrons. The van der Waals surface area contributed by atoms with E-state index in [2.05, 4.69) is 10.5 Å². The monoisotopic (exact) mass is 334 g/mol. The number of nitrogens with zero attached hydrogens (tertiary/aromatic N) is 1. The molecule has 5 nitrogen and oxygen atoms in total. The molecule has 3 rings (SSSR count). The number of carbonyl (C=O) groups is 1. The highest BCUT2D eigenvalue weighted by Crippen LogP contribution is 2.27. The van der Waals surface area contributed by atoms with E-state index in [0.29, 0.717) is 11.3 Å². The van der Waals surface area contributed by atoms with Crippen LogP contribution in [0.3, 0.4) is 0 Å². The molecule has 0 aliphatic heterocycles. The second kappa shape index (κ2) is 7.49. The number of carbonyl (C=O) groups excluding carboxylic acids is 1. The Bertz CT molecular complexity index is 935. The summed E-state index contributed by atoms with van der Waals surface area (Å²) in [5, 5.41) is 6.07. The Kier molecular flexibility index (Phi) is 4.95. The molecule has 25 heavy (non-hydrogen) atoms. The third-order valence-corrected chi connectivity index (χ3v) is 3.84. The van der Waals surface area contributed by atoms with Crippen molar-refractivity contribution in [2.45, 2.75) is 0 Å². The fourth-order valence-electron chi connectivity index (χ4n) is 2.57. The van der Waals surface area contributed by atoms with Crippen molar-refractivity contribution in [1.29, 1.82) is 0 Å². The van der Waals surface area contributed by atoms with Gasteiger partial charge in [-0.25, -0.2) is 5.43 Å². The minimum Gasteiger partial charge on any atom is -0.497 e. The summed E-state index contributed by atoms with van der Waals surface area (Å²) in [5.74, 6) is 1.12. The lowest BCUT2D eigenvalue weighted by atomic mass is 10.0. The summed E-state index contributed by atoms with van der Waals surface area (Å²) in [7, 11) is 3.20. The number of rotatable bonds is 5. The number of ether oxygens (including phenoxy) is 2. The summed E-state index contributed by atoms with van der Waals surface area (Å²) in [6, 6.07) is 18.6. The Morgan fingerprint density at radius 1 is 0.960 bits per heavy atom. The van der Waals surface area contributed by atoms with Crippen LogP contribution >= 0.6 is 0 Å². The van der Waals surface area contributed by atoms with Crippen LogP contribution in [0.1, 0.15) is 15.9 Å². The number of amides is 1. The van der Waals surface area contributed by atoms with Gasteiger partial charge in [0.15, 0.2) is 0 Å². The molecule has 5 heteroatoms. The van der Waals surface area contributed by atoms with E-state index in [1.54, 1.807) is 44.7 Å². The van der Waals surface area contributed by atoms with Crippen molar-refractivity contribution in [1.82, 2.24) is 5.43 Å². The summed E-state index contributed by atoms with van der Waals surface area (Å²) in [6.07, 6.45) is 1.62. The van der Waals surface area contributed by atoms with Gasteiger partial charge in [0.1, 0.15) is 11.5 Å². The van der Waals surface area contributed by atoms with Crippen LogP contribution in [0.15, 0.2) is 65.8 Å². The molecule has 126 valence electrons. The van der Waals surface area contributed by atoms with Gasteiger partial charge in [0, 0.05) is 16.5 Å². The fourth-order valence-corrected chi connectivity index (χ4v) is 2.57. The fraction of sp³-hybridized carbons (Fsp3) is 0.100. The predicted molar refractivity (Wildman–Crippen MR) is 98.6 cm³/mol. The molecule has 0 atom stereocenters. The van der Waals surface area contributed by atoms with Crippen molar-refractivity contribution in [2.24, 2.45) is 5.10 Å². The van der Waals surface area contributed by atoms with Crippen LogP contribution in [0.4, 0.5) is 0 Å². The lowest BCUT2D eigenvalue weighted by molar-refractivity contribution is 0.0955.